The minimum atomic E-state index is -0.617. The molecule has 0 unspecified atom stereocenters. The Labute approximate surface area is 155 Å². The molecule has 2 aromatic carbocycles. The van der Waals surface area contributed by atoms with Crippen molar-refractivity contribution in [2.24, 2.45) is 0 Å². The van der Waals surface area contributed by atoms with Crippen LogP contribution in [0.5, 0.6) is 17.2 Å². The van der Waals surface area contributed by atoms with E-state index >= 15 is 0 Å². The zero-order valence-electron chi connectivity index (χ0n) is 15.6. The number of methoxy groups -OCH3 is 2. The summed E-state index contributed by atoms with van der Waals surface area (Å²) in [5.41, 5.74) is 2.17. The molecule has 0 aliphatic carbocycles. The van der Waals surface area contributed by atoms with Gasteiger partial charge in [-0.3, -0.25) is 0 Å². The summed E-state index contributed by atoms with van der Waals surface area (Å²) in [5, 5.41) is 13.3. The quantitative estimate of drug-likeness (QED) is 0.683. The number of benzene rings is 2. The van der Waals surface area contributed by atoms with Crippen molar-refractivity contribution in [3.8, 4) is 17.2 Å². The lowest BCUT2D eigenvalue weighted by atomic mass is 10.2. The van der Waals surface area contributed by atoms with E-state index < -0.39 is 6.10 Å². The van der Waals surface area contributed by atoms with Gasteiger partial charge in [-0.2, -0.15) is 0 Å². The molecule has 0 aliphatic rings. The maximum absolute atomic E-state index is 10.1. The second-order valence-corrected chi connectivity index (χ2v) is 5.85. The van der Waals surface area contributed by atoms with Crippen LogP contribution in [0.4, 0.5) is 0 Å². The second kappa shape index (κ2) is 10.5. The third-order valence-corrected chi connectivity index (χ3v) is 3.85. The molecule has 26 heavy (non-hydrogen) atoms. The lowest BCUT2D eigenvalue weighted by Gasteiger charge is -2.15. The topological polar surface area (TPSA) is 60.0 Å². The number of hydrogen-bond acceptors (Lipinski definition) is 5. The molecule has 0 saturated heterocycles. The molecule has 0 fully saturated rings. The summed E-state index contributed by atoms with van der Waals surface area (Å²) in [4.78, 5) is 0. The van der Waals surface area contributed by atoms with Gasteiger partial charge in [0.25, 0.3) is 0 Å². The number of nitrogens with one attached hydrogen (secondary N) is 1. The van der Waals surface area contributed by atoms with E-state index in [0.29, 0.717) is 24.6 Å². The lowest BCUT2D eigenvalue weighted by Crippen LogP contribution is -2.31. The number of allylic oxidation sites excluding steroid dienone is 1. The van der Waals surface area contributed by atoms with Crippen molar-refractivity contribution in [2.75, 3.05) is 27.4 Å². The summed E-state index contributed by atoms with van der Waals surface area (Å²) in [6.45, 7) is 3.26. The smallest absolute Gasteiger partial charge is 0.161 e. The van der Waals surface area contributed by atoms with Gasteiger partial charge in [0.1, 0.15) is 18.5 Å². The van der Waals surface area contributed by atoms with Crippen molar-refractivity contribution in [1.29, 1.82) is 0 Å². The van der Waals surface area contributed by atoms with Gasteiger partial charge in [0.2, 0.25) is 0 Å². The molecule has 5 heteroatoms. The molecule has 5 nitrogen and oxygen atoms in total. The van der Waals surface area contributed by atoms with Gasteiger partial charge in [-0.05, 0) is 42.3 Å². The summed E-state index contributed by atoms with van der Waals surface area (Å²) in [6.07, 6.45) is 3.34. The predicted molar refractivity (Wildman–Crippen MR) is 104 cm³/mol. The first-order chi connectivity index (χ1) is 12.7. The number of aliphatic hydroxyl groups is 1. The highest BCUT2D eigenvalue weighted by Crippen LogP contribution is 2.28. The molecule has 2 aromatic rings. The summed E-state index contributed by atoms with van der Waals surface area (Å²) in [7, 11) is 3.25. The Kier molecular flexibility index (Phi) is 7.99. The monoisotopic (exact) mass is 357 g/mol. The van der Waals surface area contributed by atoms with E-state index in [9.17, 15) is 5.11 Å². The van der Waals surface area contributed by atoms with Crippen molar-refractivity contribution in [1.82, 2.24) is 5.32 Å². The molecule has 0 radical (unpaired) electrons. The maximum atomic E-state index is 10.1. The number of rotatable bonds is 10. The zero-order chi connectivity index (χ0) is 18.8. The van der Waals surface area contributed by atoms with E-state index in [0.717, 1.165) is 16.9 Å². The highest BCUT2D eigenvalue weighted by atomic mass is 16.5. The molecule has 2 rings (SSSR count). The molecule has 140 valence electrons. The first-order valence-corrected chi connectivity index (χ1v) is 8.61. The van der Waals surface area contributed by atoms with Gasteiger partial charge in [0.05, 0.1) is 14.2 Å². The third kappa shape index (κ3) is 6.10. The molecule has 0 heterocycles. The van der Waals surface area contributed by atoms with Crippen LogP contribution in [0.25, 0.3) is 6.08 Å². The molecule has 2 N–H and O–H groups in total. The average molecular weight is 357 g/mol. The first-order valence-electron chi connectivity index (χ1n) is 8.61. The highest BCUT2D eigenvalue weighted by Gasteiger charge is 2.09. The van der Waals surface area contributed by atoms with Crippen LogP contribution in [-0.2, 0) is 6.54 Å². The van der Waals surface area contributed by atoms with Crippen molar-refractivity contribution < 1.29 is 19.3 Å². The third-order valence-electron chi connectivity index (χ3n) is 3.85. The molecule has 0 spiro atoms. The largest absolute Gasteiger partial charge is 0.497 e. The van der Waals surface area contributed by atoms with Crippen LogP contribution >= 0.6 is 0 Å². The average Bonchev–Trinajstić information content (AvgIpc) is 2.67. The van der Waals surface area contributed by atoms with Crippen LogP contribution in [0.2, 0.25) is 0 Å². The van der Waals surface area contributed by atoms with Crippen LogP contribution < -0.4 is 19.5 Å². The van der Waals surface area contributed by atoms with Crippen molar-refractivity contribution >= 4 is 6.08 Å². The zero-order valence-corrected chi connectivity index (χ0v) is 15.6. The van der Waals surface area contributed by atoms with E-state index in [2.05, 4.69) is 5.32 Å². The summed E-state index contributed by atoms with van der Waals surface area (Å²) < 4.78 is 16.2. The molecule has 0 amide bonds. The summed E-state index contributed by atoms with van der Waals surface area (Å²) in [5.74, 6) is 2.10. The maximum Gasteiger partial charge on any atom is 0.161 e. The van der Waals surface area contributed by atoms with Gasteiger partial charge in [-0.15, -0.1) is 0 Å². The Hall–Kier alpha value is -2.50. The van der Waals surface area contributed by atoms with Crippen LogP contribution in [0, 0.1) is 0 Å². The van der Waals surface area contributed by atoms with E-state index in [1.807, 2.05) is 61.5 Å². The van der Waals surface area contributed by atoms with Gasteiger partial charge in [-0.1, -0.05) is 30.4 Å². The summed E-state index contributed by atoms with van der Waals surface area (Å²) >= 11 is 0. The van der Waals surface area contributed by atoms with Crippen molar-refractivity contribution in [2.45, 2.75) is 19.6 Å². The van der Waals surface area contributed by atoms with Crippen LogP contribution in [0.15, 0.2) is 48.5 Å². The van der Waals surface area contributed by atoms with E-state index in [1.165, 1.54) is 0 Å². The molecular formula is C21H27NO4. The minimum absolute atomic E-state index is 0.189. The van der Waals surface area contributed by atoms with Gasteiger partial charge in [-0.25, -0.2) is 0 Å². The van der Waals surface area contributed by atoms with Gasteiger partial charge >= 0.3 is 0 Å². The van der Waals surface area contributed by atoms with Gasteiger partial charge in [0.15, 0.2) is 11.5 Å². The molecular weight excluding hydrogens is 330 g/mol. The fraction of sp³-hybridized carbons (Fsp3) is 0.333. The summed E-state index contributed by atoms with van der Waals surface area (Å²) in [6, 6.07) is 13.5. The molecule has 0 aliphatic heterocycles. The SMILES string of the molecule is C/C=C/c1ccc(OC[C@@H](O)CNCc2ccc(OC)cc2)c(OC)c1. The van der Waals surface area contributed by atoms with Crippen LogP contribution in [-0.4, -0.2) is 38.6 Å². The minimum Gasteiger partial charge on any atom is -0.497 e. The highest BCUT2D eigenvalue weighted by molar-refractivity contribution is 5.55. The predicted octanol–water partition coefficient (Wildman–Crippen LogP) is 3.27. The Morgan fingerprint density at radius 2 is 1.81 bits per heavy atom. The fourth-order valence-corrected chi connectivity index (χ4v) is 2.47. The number of ether oxygens (including phenoxy) is 3. The fourth-order valence-electron chi connectivity index (χ4n) is 2.47. The number of aliphatic hydroxyl groups excluding tert-OH is 1. The lowest BCUT2D eigenvalue weighted by molar-refractivity contribution is 0.104. The van der Waals surface area contributed by atoms with Crippen molar-refractivity contribution in [3.63, 3.8) is 0 Å². The van der Waals surface area contributed by atoms with E-state index in [4.69, 9.17) is 14.2 Å². The Balaban J connectivity index is 1.78. The van der Waals surface area contributed by atoms with Gasteiger partial charge < -0.3 is 24.6 Å². The first kappa shape index (κ1) is 19.8. The molecule has 0 aromatic heterocycles. The molecule has 1 atom stereocenters. The van der Waals surface area contributed by atoms with Crippen LogP contribution in [0.1, 0.15) is 18.1 Å². The normalized spacial score (nSPS) is 12.2. The second-order valence-electron chi connectivity index (χ2n) is 5.85. The number of hydrogen-bond donors (Lipinski definition) is 2. The van der Waals surface area contributed by atoms with Crippen molar-refractivity contribution in [3.05, 3.63) is 59.7 Å². The molecule has 0 saturated carbocycles. The Morgan fingerprint density at radius 3 is 2.46 bits per heavy atom. The Morgan fingerprint density at radius 1 is 1.04 bits per heavy atom. The van der Waals surface area contributed by atoms with E-state index in [-0.39, 0.29) is 6.61 Å². The standard InChI is InChI=1S/C21H27NO4/c1-4-5-16-8-11-20(21(12-16)25-3)26-15-18(23)14-22-13-17-6-9-19(24-2)10-7-17/h4-12,18,22-23H,13-15H2,1-3H3/b5-4+/t18-/m0/s1. The van der Waals surface area contributed by atoms with E-state index in [1.54, 1.807) is 14.2 Å². The van der Waals surface area contributed by atoms with Gasteiger partial charge in [0, 0.05) is 13.1 Å². The molecule has 0 bridgehead atoms. The Bertz CT molecular complexity index is 698. The van der Waals surface area contributed by atoms with Crippen LogP contribution in [0.3, 0.4) is 0 Å².